The summed E-state index contributed by atoms with van der Waals surface area (Å²) in [7, 11) is 0. The van der Waals surface area contributed by atoms with E-state index in [0.29, 0.717) is 23.2 Å². The minimum absolute atomic E-state index is 0.0339. The van der Waals surface area contributed by atoms with Crippen molar-refractivity contribution in [1.82, 2.24) is 5.32 Å². The Bertz CT molecular complexity index is 1380. The molecule has 0 saturated carbocycles. The number of rotatable bonds is 8. The molecule has 1 N–H and O–H groups in total. The summed E-state index contributed by atoms with van der Waals surface area (Å²) in [5.41, 5.74) is 3.56. The van der Waals surface area contributed by atoms with Crippen molar-refractivity contribution in [1.29, 1.82) is 0 Å². The fourth-order valence-corrected chi connectivity index (χ4v) is 4.08. The lowest BCUT2D eigenvalue weighted by Gasteiger charge is -2.19. The van der Waals surface area contributed by atoms with E-state index in [4.69, 9.17) is 8.83 Å². The molecule has 0 spiro atoms. The number of carboxylic acid groups (broad SMARTS) is 1. The van der Waals surface area contributed by atoms with Gasteiger partial charge in [-0.1, -0.05) is 43.7 Å². The van der Waals surface area contributed by atoms with Gasteiger partial charge in [-0.15, -0.1) is 0 Å². The Balaban J connectivity index is 1.65. The van der Waals surface area contributed by atoms with Crippen LogP contribution in [0.15, 0.2) is 62.4 Å². The van der Waals surface area contributed by atoms with Crippen LogP contribution in [0.5, 0.6) is 0 Å². The van der Waals surface area contributed by atoms with E-state index in [1.807, 2.05) is 50.2 Å². The van der Waals surface area contributed by atoms with E-state index in [1.54, 1.807) is 12.3 Å². The predicted octanol–water partition coefficient (Wildman–Crippen LogP) is 3.48. The van der Waals surface area contributed by atoms with Gasteiger partial charge in [0.1, 0.15) is 11.2 Å². The van der Waals surface area contributed by atoms with E-state index in [9.17, 15) is 19.5 Å². The number of aliphatic carboxylic acids is 1. The van der Waals surface area contributed by atoms with Gasteiger partial charge in [-0.3, -0.25) is 4.79 Å². The Kier molecular flexibility index (Phi) is 6.31. The lowest BCUT2D eigenvalue weighted by Crippen LogP contribution is -2.47. The molecule has 0 bridgehead atoms. The Morgan fingerprint density at radius 3 is 2.55 bits per heavy atom. The Morgan fingerprint density at radius 1 is 1.09 bits per heavy atom. The van der Waals surface area contributed by atoms with Gasteiger partial charge in [0.15, 0.2) is 0 Å². The average Bonchev–Trinajstić information content (AvgIpc) is 3.21. The molecule has 33 heavy (non-hydrogen) atoms. The van der Waals surface area contributed by atoms with E-state index < -0.39 is 23.5 Å². The van der Waals surface area contributed by atoms with Gasteiger partial charge in [0.25, 0.3) is 0 Å². The second-order valence-electron chi connectivity index (χ2n) is 8.08. The zero-order valence-electron chi connectivity index (χ0n) is 18.5. The van der Waals surface area contributed by atoms with Crippen LogP contribution in [-0.4, -0.2) is 17.9 Å². The van der Waals surface area contributed by atoms with Gasteiger partial charge in [-0.05, 0) is 37.0 Å². The summed E-state index contributed by atoms with van der Waals surface area (Å²) in [6.07, 6.45) is 2.67. The van der Waals surface area contributed by atoms with Crippen LogP contribution in [0.25, 0.3) is 33.1 Å². The monoisotopic (exact) mass is 446 g/mol. The van der Waals surface area contributed by atoms with Gasteiger partial charge >= 0.3 is 5.63 Å². The molecule has 7 heteroatoms. The van der Waals surface area contributed by atoms with Crippen LogP contribution < -0.4 is 16.0 Å². The van der Waals surface area contributed by atoms with Crippen LogP contribution in [0.2, 0.25) is 0 Å². The summed E-state index contributed by atoms with van der Waals surface area (Å²) in [6.45, 7) is 3.65. The number of hydrogen-bond acceptors (Lipinski definition) is 6. The molecule has 0 saturated heterocycles. The highest BCUT2D eigenvalue weighted by atomic mass is 16.4. The van der Waals surface area contributed by atoms with E-state index in [1.165, 1.54) is 0 Å². The number of carbonyl (C=O) groups is 2. The van der Waals surface area contributed by atoms with Crippen molar-refractivity contribution in [2.24, 2.45) is 0 Å². The standard InChI is InChI=1S/C26H25NO6/c1-3-7-21(25(29)30)27-24(28)11-10-17-15(2)18-12-19-20(16-8-5-4-6-9-16)14-32-22(19)13-23(18)33-26(17)31/h4-6,8-9,12-14,21H,3,7,10-11H2,1-2H3,(H,27,28)(H,29,30)/p-1/t21-/m0/s1. The summed E-state index contributed by atoms with van der Waals surface area (Å²) in [5, 5.41) is 15.3. The molecule has 0 radical (unpaired) electrons. The molecule has 0 aliphatic heterocycles. The summed E-state index contributed by atoms with van der Waals surface area (Å²) in [5.74, 6) is -1.77. The number of nitrogens with one attached hydrogen (secondary N) is 1. The van der Waals surface area contributed by atoms with Gasteiger partial charge in [0.05, 0.1) is 18.3 Å². The summed E-state index contributed by atoms with van der Waals surface area (Å²) in [4.78, 5) is 36.1. The minimum atomic E-state index is -1.31. The molecule has 2 heterocycles. The molecule has 4 aromatic rings. The minimum Gasteiger partial charge on any atom is -0.548 e. The number of fused-ring (bicyclic) bond motifs is 2. The first-order valence-corrected chi connectivity index (χ1v) is 10.9. The molecule has 2 aromatic heterocycles. The SMILES string of the molecule is CCC[C@H](NC(=O)CCc1c(C)c2cc3c(-c4ccccc4)coc3cc2oc1=O)C(=O)[O-]. The average molecular weight is 446 g/mol. The first-order chi connectivity index (χ1) is 15.9. The maximum absolute atomic E-state index is 12.6. The first kappa shape index (κ1) is 22.3. The number of amides is 1. The molecular weight excluding hydrogens is 422 g/mol. The Hall–Kier alpha value is -3.87. The number of carbonyl (C=O) groups excluding carboxylic acids is 2. The summed E-state index contributed by atoms with van der Waals surface area (Å²) >= 11 is 0. The fourth-order valence-electron chi connectivity index (χ4n) is 4.08. The molecular formula is C26H24NO6-. The molecule has 0 unspecified atom stereocenters. The quantitative estimate of drug-likeness (QED) is 0.415. The lowest BCUT2D eigenvalue weighted by molar-refractivity contribution is -0.308. The van der Waals surface area contributed by atoms with Gasteiger partial charge < -0.3 is 24.1 Å². The van der Waals surface area contributed by atoms with Crippen LogP contribution >= 0.6 is 0 Å². The van der Waals surface area contributed by atoms with Gasteiger partial charge in [-0.2, -0.15) is 0 Å². The van der Waals surface area contributed by atoms with Crippen LogP contribution in [0.3, 0.4) is 0 Å². The third-order valence-electron chi connectivity index (χ3n) is 5.87. The lowest BCUT2D eigenvalue weighted by atomic mass is 9.99. The van der Waals surface area contributed by atoms with Crippen molar-refractivity contribution in [3.8, 4) is 11.1 Å². The van der Waals surface area contributed by atoms with Gasteiger partial charge in [-0.25, -0.2) is 4.79 Å². The van der Waals surface area contributed by atoms with E-state index in [-0.39, 0.29) is 19.3 Å². The van der Waals surface area contributed by atoms with Gasteiger partial charge in [0.2, 0.25) is 5.91 Å². The third kappa shape index (κ3) is 4.53. The van der Waals surface area contributed by atoms with Crippen LogP contribution in [0.1, 0.15) is 37.3 Å². The molecule has 0 aliphatic carbocycles. The summed E-state index contributed by atoms with van der Waals surface area (Å²) in [6, 6.07) is 12.4. The maximum Gasteiger partial charge on any atom is 0.339 e. The van der Waals surface area contributed by atoms with E-state index in [2.05, 4.69) is 5.32 Å². The second-order valence-corrected chi connectivity index (χ2v) is 8.08. The Labute approximate surface area is 190 Å². The highest BCUT2D eigenvalue weighted by Crippen LogP contribution is 2.34. The zero-order chi connectivity index (χ0) is 23.5. The smallest absolute Gasteiger partial charge is 0.339 e. The first-order valence-electron chi connectivity index (χ1n) is 10.9. The topological polar surface area (TPSA) is 113 Å². The molecule has 1 atom stereocenters. The highest BCUT2D eigenvalue weighted by Gasteiger charge is 2.18. The second kappa shape index (κ2) is 9.32. The molecule has 170 valence electrons. The molecule has 0 fully saturated rings. The van der Waals surface area contributed by atoms with Crippen molar-refractivity contribution in [2.45, 2.75) is 45.6 Å². The number of carboxylic acids is 1. The number of furan rings is 1. The Morgan fingerprint density at radius 2 is 1.85 bits per heavy atom. The van der Waals surface area contributed by atoms with Crippen LogP contribution in [-0.2, 0) is 16.0 Å². The van der Waals surface area contributed by atoms with Crippen molar-refractivity contribution in [2.75, 3.05) is 0 Å². The number of aryl methyl sites for hydroxylation is 1. The van der Waals surface area contributed by atoms with Gasteiger partial charge in [0, 0.05) is 34.4 Å². The molecule has 2 aromatic carbocycles. The number of benzene rings is 2. The normalized spacial score (nSPS) is 12.2. The third-order valence-corrected chi connectivity index (χ3v) is 5.87. The zero-order valence-corrected chi connectivity index (χ0v) is 18.5. The number of hydrogen-bond donors (Lipinski definition) is 1. The fraction of sp³-hybridized carbons (Fsp3) is 0.269. The van der Waals surface area contributed by atoms with Crippen molar-refractivity contribution < 1.29 is 23.5 Å². The molecule has 4 rings (SSSR count). The summed E-state index contributed by atoms with van der Waals surface area (Å²) < 4.78 is 11.2. The van der Waals surface area contributed by atoms with Crippen molar-refractivity contribution in [3.63, 3.8) is 0 Å². The largest absolute Gasteiger partial charge is 0.548 e. The molecule has 7 nitrogen and oxygen atoms in total. The predicted molar refractivity (Wildman–Crippen MR) is 123 cm³/mol. The maximum atomic E-state index is 12.6. The van der Waals surface area contributed by atoms with Crippen LogP contribution in [0.4, 0.5) is 0 Å². The molecule has 1 amide bonds. The van der Waals surface area contributed by atoms with E-state index in [0.717, 1.165) is 27.5 Å². The van der Waals surface area contributed by atoms with Crippen molar-refractivity contribution >= 4 is 33.8 Å². The molecule has 0 aliphatic rings. The van der Waals surface area contributed by atoms with Crippen molar-refractivity contribution in [3.05, 3.63) is 70.3 Å². The van der Waals surface area contributed by atoms with Crippen LogP contribution in [0, 0.1) is 6.92 Å². The highest BCUT2D eigenvalue weighted by molar-refractivity contribution is 6.02. The van der Waals surface area contributed by atoms with E-state index >= 15 is 0 Å².